The first kappa shape index (κ1) is 15.1. The zero-order chi connectivity index (χ0) is 14.6. The molecule has 0 aromatic heterocycles. The summed E-state index contributed by atoms with van der Waals surface area (Å²) in [5, 5.41) is 10.7. The molecule has 0 radical (unpaired) electrons. The summed E-state index contributed by atoms with van der Waals surface area (Å²) in [7, 11) is 0. The van der Waals surface area contributed by atoms with Gasteiger partial charge < -0.3 is 4.90 Å². The molecule has 1 atom stereocenters. The first-order chi connectivity index (χ1) is 8.92. The fourth-order valence-electron chi connectivity index (χ4n) is 1.83. The van der Waals surface area contributed by atoms with Crippen molar-refractivity contribution >= 4 is 11.6 Å². The average molecular weight is 268 g/mol. The van der Waals surface area contributed by atoms with Gasteiger partial charge in [-0.15, -0.1) is 0 Å². The number of nitrogens with zero attached hydrogens (tertiary/aromatic N) is 2. The molecule has 0 bridgehead atoms. The van der Waals surface area contributed by atoms with Crippen molar-refractivity contribution in [2.24, 2.45) is 0 Å². The predicted molar refractivity (Wildman–Crippen MR) is 69.5 cm³/mol. The third-order valence-corrected chi connectivity index (χ3v) is 3.11. The SMILES string of the molecule is CCC(C)N(CC)C(=O)c1ccc(F)c([N+](=O)[O-])c1. The van der Waals surface area contributed by atoms with E-state index in [-0.39, 0.29) is 17.5 Å². The van der Waals surface area contributed by atoms with E-state index in [0.29, 0.717) is 6.54 Å². The molecule has 1 rings (SSSR count). The van der Waals surface area contributed by atoms with Crippen molar-refractivity contribution in [1.29, 1.82) is 0 Å². The zero-order valence-corrected chi connectivity index (χ0v) is 11.2. The molecule has 5 nitrogen and oxygen atoms in total. The van der Waals surface area contributed by atoms with Crippen molar-refractivity contribution in [1.82, 2.24) is 4.90 Å². The Morgan fingerprint density at radius 2 is 2.11 bits per heavy atom. The fourth-order valence-corrected chi connectivity index (χ4v) is 1.83. The molecule has 6 heteroatoms. The quantitative estimate of drug-likeness (QED) is 0.609. The maximum Gasteiger partial charge on any atom is 0.305 e. The first-order valence-electron chi connectivity index (χ1n) is 6.17. The third kappa shape index (κ3) is 3.27. The van der Waals surface area contributed by atoms with E-state index in [4.69, 9.17) is 0 Å². The van der Waals surface area contributed by atoms with E-state index in [9.17, 15) is 19.3 Å². The van der Waals surface area contributed by atoms with Crippen LogP contribution in [0.5, 0.6) is 0 Å². The second-order valence-electron chi connectivity index (χ2n) is 4.27. The van der Waals surface area contributed by atoms with E-state index in [1.807, 2.05) is 20.8 Å². The Bertz CT molecular complexity index is 491. The summed E-state index contributed by atoms with van der Waals surface area (Å²) in [6.07, 6.45) is 0.781. The average Bonchev–Trinajstić information content (AvgIpc) is 2.39. The van der Waals surface area contributed by atoms with Gasteiger partial charge in [0.25, 0.3) is 5.91 Å². The van der Waals surface area contributed by atoms with Gasteiger partial charge in [-0.1, -0.05) is 6.92 Å². The molecule has 1 amide bonds. The molecule has 0 aliphatic rings. The molecule has 0 fully saturated rings. The van der Waals surface area contributed by atoms with Crippen LogP contribution in [-0.2, 0) is 0 Å². The summed E-state index contributed by atoms with van der Waals surface area (Å²) >= 11 is 0. The highest BCUT2D eigenvalue weighted by molar-refractivity contribution is 5.95. The minimum absolute atomic E-state index is 0.0293. The lowest BCUT2D eigenvalue weighted by atomic mass is 10.1. The Morgan fingerprint density at radius 1 is 1.47 bits per heavy atom. The van der Waals surface area contributed by atoms with Crippen LogP contribution in [0.1, 0.15) is 37.6 Å². The largest absolute Gasteiger partial charge is 0.336 e. The zero-order valence-electron chi connectivity index (χ0n) is 11.2. The minimum Gasteiger partial charge on any atom is -0.336 e. The standard InChI is InChI=1S/C13H17FN2O3/c1-4-9(3)15(5-2)13(17)10-6-7-11(14)12(8-10)16(18)19/h6-9H,4-5H2,1-3H3. The van der Waals surface area contributed by atoms with Gasteiger partial charge >= 0.3 is 5.69 Å². The molecule has 0 aliphatic carbocycles. The van der Waals surface area contributed by atoms with Crippen molar-refractivity contribution in [3.05, 3.63) is 39.7 Å². The molecule has 1 aromatic carbocycles. The van der Waals surface area contributed by atoms with Crippen molar-refractivity contribution in [3.63, 3.8) is 0 Å². The number of hydrogen-bond acceptors (Lipinski definition) is 3. The van der Waals surface area contributed by atoms with Crippen LogP contribution >= 0.6 is 0 Å². The summed E-state index contributed by atoms with van der Waals surface area (Å²) in [4.78, 5) is 23.7. The fraction of sp³-hybridized carbons (Fsp3) is 0.462. The molecule has 1 aromatic rings. The van der Waals surface area contributed by atoms with Gasteiger partial charge in [0.15, 0.2) is 0 Å². The van der Waals surface area contributed by atoms with E-state index in [1.54, 1.807) is 4.90 Å². The molecule has 0 N–H and O–H groups in total. The smallest absolute Gasteiger partial charge is 0.305 e. The van der Waals surface area contributed by atoms with Gasteiger partial charge in [-0.05, 0) is 32.4 Å². The Labute approximate surface area is 111 Å². The van der Waals surface area contributed by atoms with Crippen LogP contribution in [-0.4, -0.2) is 28.3 Å². The lowest BCUT2D eigenvalue weighted by molar-refractivity contribution is -0.387. The van der Waals surface area contributed by atoms with Gasteiger partial charge in [0.1, 0.15) is 0 Å². The number of carbonyl (C=O) groups excluding carboxylic acids is 1. The summed E-state index contributed by atoms with van der Waals surface area (Å²) in [5.41, 5.74) is -0.540. The van der Waals surface area contributed by atoms with E-state index >= 15 is 0 Å². The molecule has 104 valence electrons. The van der Waals surface area contributed by atoms with Gasteiger partial charge in [0.05, 0.1) is 4.92 Å². The van der Waals surface area contributed by atoms with Crippen LogP contribution in [0.2, 0.25) is 0 Å². The third-order valence-electron chi connectivity index (χ3n) is 3.11. The van der Waals surface area contributed by atoms with Gasteiger partial charge in [0, 0.05) is 24.2 Å². The van der Waals surface area contributed by atoms with Crippen LogP contribution in [0.15, 0.2) is 18.2 Å². The Kier molecular flexibility index (Phi) is 4.97. The van der Waals surface area contributed by atoms with Gasteiger partial charge in [-0.3, -0.25) is 14.9 Å². The topological polar surface area (TPSA) is 63.5 Å². The second-order valence-corrected chi connectivity index (χ2v) is 4.27. The maximum absolute atomic E-state index is 13.2. The number of rotatable bonds is 5. The lowest BCUT2D eigenvalue weighted by Gasteiger charge is -2.27. The number of benzene rings is 1. The molecular formula is C13H17FN2O3. The predicted octanol–water partition coefficient (Wildman–Crippen LogP) is 2.99. The van der Waals surface area contributed by atoms with Crippen LogP contribution in [0, 0.1) is 15.9 Å². The Morgan fingerprint density at radius 3 is 2.58 bits per heavy atom. The van der Waals surface area contributed by atoms with Gasteiger partial charge in [-0.2, -0.15) is 4.39 Å². The van der Waals surface area contributed by atoms with Crippen LogP contribution in [0.25, 0.3) is 0 Å². The molecular weight excluding hydrogens is 251 g/mol. The van der Waals surface area contributed by atoms with Gasteiger partial charge in [-0.25, -0.2) is 0 Å². The van der Waals surface area contributed by atoms with Gasteiger partial charge in [0.2, 0.25) is 5.82 Å². The van der Waals surface area contributed by atoms with E-state index < -0.39 is 16.4 Å². The van der Waals surface area contributed by atoms with Crippen LogP contribution in [0.3, 0.4) is 0 Å². The number of nitro benzene ring substituents is 1. The van der Waals surface area contributed by atoms with Crippen molar-refractivity contribution in [2.45, 2.75) is 33.2 Å². The molecule has 1 unspecified atom stereocenters. The van der Waals surface area contributed by atoms with E-state index in [1.165, 1.54) is 6.07 Å². The molecule has 0 aliphatic heterocycles. The second kappa shape index (κ2) is 6.26. The number of nitro groups is 1. The first-order valence-corrected chi connectivity index (χ1v) is 6.17. The summed E-state index contributed by atoms with van der Waals surface area (Å²) in [6, 6.07) is 3.25. The summed E-state index contributed by atoms with van der Waals surface area (Å²) in [6.45, 7) is 6.19. The van der Waals surface area contributed by atoms with Crippen molar-refractivity contribution in [2.75, 3.05) is 6.54 Å². The number of carbonyl (C=O) groups is 1. The number of hydrogen-bond donors (Lipinski definition) is 0. The van der Waals surface area contributed by atoms with Crippen LogP contribution in [0.4, 0.5) is 10.1 Å². The van der Waals surface area contributed by atoms with E-state index in [2.05, 4.69) is 0 Å². The summed E-state index contributed by atoms with van der Waals surface area (Å²) in [5.74, 6) is -1.26. The van der Waals surface area contributed by atoms with E-state index in [0.717, 1.165) is 18.6 Å². The molecule has 0 heterocycles. The highest BCUT2D eigenvalue weighted by atomic mass is 19.1. The number of halogens is 1. The highest BCUT2D eigenvalue weighted by Gasteiger charge is 2.22. The highest BCUT2D eigenvalue weighted by Crippen LogP contribution is 2.20. The molecule has 0 saturated heterocycles. The Hall–Kier alpha value is -1.98. The normalized spacial score (nSPS) is 12.0. The summed E-state index contributed by atoms with van der Waals surface area (Å²) < 4.78 is 13.2. The molecule has 19 heavy (non-hydrogen) atoms. The maximum atomic E-state index is 13.2. The van der Waals surface area contributed by atoms with Crippen molar-refractivity contribution in [3.8, 4) is 0 Å². The minimum atomic E-state index is -0.937. The van der Waals surface area contributed by atoms with Crippen molar-refractivity contribution < 1.29 is 14.1 Å². The Balaban J connectivity index is 3.12. The number of amides is 1. The molecule has 0 saturated carbocycles. The monoisotopic (exact) mass is 268 g/mol. The van der Waals surface area contributed by atoms with Crippen LogP contribution < -0.4 is 0 Å². The lowest BCUT2D eigenvalue weighted by Crippen LogP contribution is -2.38. The molecule has 0 spiro atoms.